The third-order valence-electron chi connectivity index (χ3n) is 2.50. The molecular weight excluding hydrogens is 236 g/mol. The minimum absolute atomic E-state index is 0.0716. The highest BCUT2D eigenvalue weighted by Crippen LogP contribution is 2.23. The molecule has 2 aromatic rings. The van der Waals surface area contributed by atoms with Gasteiger partial charge in [-0.3, -0.25) is 9.69 Å². The number of amides is 1. The SMILES string of the molecule is O=[C]N(Cc1ccccc1)c1c(F)cccc1F. The smallest absolute Gasteiger partial charge is 0.294 e. The van der Waals surface area contributed by atoms with Crippen LogP contribution in [0.3, 0.4) is 0 Å². The Morgan fingerprint density at radius 1 is 0.944 bits per heavy atom. The second-order valence-electron chi connectivity index (χ2n) is 3.73. The third-order valence-corrected chi connectivity index (χ3v) is 2.50. The summed E-state index contributed by atoms with van der Waals surface area (Å²) in [5.74, 6) is -1.57. The fraction of sp³-hybridized carbons (Fsp3) is 0.0714. The van der Waals surface area contributed by atoms with E-state index in [4.69, 9.17) is 0 Å². The molecule has 91 valence electrons. The molecule has 0 aliphatic carbocycles. The maximum Gasteiger partial charge on any atom is 0.317 e. The molecule has 0 unspecified atom stereocenters. The predicted molar refractivity (Wildman–Crippen MR) is 64.7 cm³/mol. The van der Waals surface area contributed by atoms with Gasteiger partial charge in [0.15, 0.2) is 0 Å². The highest BCUT2D eigenvalue weighted by atomic mass is 19.1. The zero-order chi connectivity index (χ0) is 13.0. The molecule has 0 aromatic heterocycles. The minimum atomic E-state index is -0.783. The predicted octanol–water partition coefficient (Wildman–Crippen LogP) is 3.04. The average Bonchev–Trinajstić information content (AvgIpc) is 2.38. The normalized spacial score (nSPS) is 10.1. The maximum atomic E-state index is 13.5. The van der Waals surface area contributed by atoms with Crippen molar-refractivity contribution >= 4 is 12.1 Å². The summed E-state index contributed by atoms with van der Waals surface area (Å²) in [6, 6.07) is 12.4. The molecule has 1 amide bonds. The molecule has 2 rings (SSSR count). The molecule has 2 aromatic carbocycles. The molecule has 0 saturated heterocycles. The number of para-hydroxylation sites is 1. The summed E-state index contributed by atoms with van der Waals surface area (Å²) >= 11 is 0. The Morgan fingerprint density at radius 2 is 1.56 bits per heavy atom. The second kappa shape index (κ2) is 5.40. The standard InChI is InChI=1S/C14H10F2NO/c15-12-7-4-8-13(16)14(12)17(10-18)9-11-5-2-1-3-6-11/h1-8H,9H2. The molecule has 0 saturated carbocycles. The molecule has 0 spiro atoms. The summed E-state index contributed by atoms with van der Waals surface area (Å²) in [5.41, 5.74) is 0.389. The number of benzene rings is 2. The van der Waals surface area contributed by atoms with Gasteiger partial charge in [0.2, 0.25) is 0 Å². The van der Waals surface area contributed by atoms with Gasteiger partial charge in [0.25, 0.3) is 0 Å². The first-order chi connectivity index (χ1) is 8.72. The van der Waals surface area contributed by atoms with E-state index in [-0.39, 0.29) is 12.2 Å². The van der Waals surface area contributed by atoms with Crippen molar-refractivity contribution in [1.82, 2.24) is 0 Å². The second-order valence-corrected chi connectivity index (χ2v) is 3.73. The lowest BCUT2D eigenvalue weighted by molar-refractivity contribution is 0.541. The van der Waals surface area contributed by atoms with E-state index < -0.39 is 11.6 Å². The van der Waals surface area contributed by atoms with Crippen LogP contribution in [-0.4, -0.2) is 6.41 Å². The number of rotatable bonds is 4. The number of hydrogen-bond donors (Lipinski definition) is 0. The summed E-state index contributed by atoms with van der Waals surface area (Å²) in [6.07, 6.45) is 1.55. The lowest BCUT2D eigenvalue weighted by Crippen LogP contribution is -2.22. The van der Waals surface area contributed by atoms with E-state index >= 15 is 0 Å². The van der Waals surface area contributed by atoms with Crippen LogP contribution in [0.1, 0.15) is 5.56 Å². The highest BCUT2D eigenvalue weighted by Gasteiger charge is 2.16. The van der Waals surface area contributed by atoms with Crippen LogP contribution in [0.2, 0.25) is 0 Å². The quantitative estimate of drug-likeness (QED) is 0.759. The van der Waals surface area contributed by atoms with Gasteiger partial charge in [0.05, 0.1) is 6.54 Å². The summed E-state index contributed by atoms with van der Waals surface area (Å²) in [4.78, 5) is 11.8. The van der Waals surface area contributed by atoms with Gasteiger partial charge in [-0.2, -0.15) is 0 Å². The minimum Gasteiger partial charge on any atom is -0.294 e. The molecular formula is C14H10F2NO. The van der Waals surface area contributed by atoms with Gasteiger partial charge in [-0.1, -0.05) is 36.4 Å². The van der Waals surface area contributed by atoms with Crippen LogP contribution in [0.25, 0.3) is 0 Å². The Labute approximate surface area is 103 Å². The van der Waals surface area contributed by atoms with E-state index in [2.05, 4.69) is 0 Å². The fourth-order valence-corrected chi connectivity index (χ4v) is 1.67. The zero-order valence-electron chi connectivity index (χ0n) is 9.44. The number of carbonyl (C=O) groups excluding carboxylic acids is 1. The fourth-order valence-electron chi connectivity index (χ4n) is 1.67. The molecule has 0 fully saturated rings. The van der Waals surface area contributed by atoms with Crippen LogP contribution in [0.5, 0.6) is 0 Å². The van der Waals surface area contributed by atoms with Crippen LogP contribution in [0, 0.1) is 11.6 Å². The Balaban J connectivity index is 2.32. The Kier molecular flexibility index (Phi) is 3.67. The van der Waals surface area contributed by atoms with Crippen molar-refractivity contribution < 1.29 is 13.6 Å². The maximum absolute atomic E-state index is 13.5. The first kappa shape index (κ1) is 12.2. The lowest BCUT2D eigenvalue weighted by atomic mass is 10.2. The van der Waals surface area contributed by atoms with Gasteiger partial charge in [-0.05, 0) is 17.7 Å². The molecule has 2 nitrogen and oxygen atoms in total. The monoisotopic (exact) mass is 246 g/mol. The number of halogens is 2. The van der Waals surface area contributed by atoms with Crippen LogP contribution < -0.4 is 4.90 Å². The van der Waals surface area contributed by atoms with Crippen molar-refractivity contribution in [2.45, 2.75) is 6.54 Å². The molecule has 4 heteroatoms. The molecule has 0 heterocycles. The van der Waals surface area contributed by atoms with E-state index in [1.807, 2.05) is 6.07 Å². The van der Waals surface area contributed by atoms with Gasteiger partial charge < -0.3 is 0 Å². The Hall–Kier alpha value is -2.23. The van der Waals surface area contributed by atoms with E-state index in [0.717, 1.165) is 22.6 Å². The van der Waals surface area contributed by atoms with Gasteiger partial charge in [0.1, 0.15) is 17.3 Å². The number of hydrogen-bond acceptors (Lipinski definition) is 1. The van der Waals surface area contributed by atoms with Crippen molar-refractivity contribution in [1.29, 1.82) is 0 Å². The van der Waals surface area contributed by atoms with E-state index in [1.165, 1.54) is 6.07 Å². The van der Waals surface area contributed by atoms with Crippen molar-refractivity contribution in [3.63, 3.8) is 0 Å². The first-order valence-corrected chi connectivity index (χ1v) is 5.35. The van der Waals surface area contributed by atoms with Crippen molar-refractivity contribution in [3.8, 4) is 0 Å². The van der Waals surface area contributed by atoms with E-state index in [9.17, 15) is 13.6 Å². The van der Waals surface area contributed by atoms with Gasteiger partial charge in [0, 0.05) is 0 Å². The van der Waals surface area contributed by atoms with Crippen LogP contribution in [0.15, 0.2) is 48.5 Å². The van der Waals surface area contributed by atoms with Crippen molar-refractivity contribution in [3.05, 3.63) is 65.7 Å². The third kappa shape index (κ3) is 2.53. The molecule has 18 heavy (non-hydrogen) atoms. The van der Waals surface area contributed by atoms with Crippen LogP contribution in [-0.2, 0) is 11.3 Å². The molecule has 0 aliphatic heterocycles. The molecule has 0 bridgehead atoms. The molecule has 0 aliphatic rings. The van der Waals surface area contributed by atoms with Gasteiger partial charge in [-0.15, -0.1) is 0 Å². The average molecular weight is 246 g/mol. The Bertz CT molecular complexity index is 522. The van der Waals surface area contributed by atoms with Crippen LogP contribution >= 0.6 is 0 Å². The topological polar surface area (TPSA) is 20.3 Å². The van der Waals surface area contributed by atoms with E-state index in [1.54, 1.807) is 30.7 Å². The van der Waals surface area contributed by atoms with Gasteiger partial charge in [-0.25, -0.2) is 8.78 Å². The summed E-state index contributed by atoms with van der Waals surface area (Å²) in [6.45, 7) is 0.0716. The number of nitrogens with zero attached hydrogens (tertiary/aromatic N) is 1. The summed E-state index contributed by atoms with van der Waals surface area (Å²) < 4.78 is 27.1. The molecule has 0 atom stereocenters. The first-order valence-electron chi connectivity index (χ1n) is 5.35. The molecule has 1 radical (unpaired) electrons. The van der Waals surface area contributed by atoms with Crippen molar-refractivity contribution in [2.75, 3.05) is 4.90 Å². The van der Waals surface area contributed by atoms with E-state index in [0.29, 0.717) is 0 Å². The van der Waals surface area contributed by atoms with Gasteiger partial charge >= 0.3 is 6.41 Å². The molecule has 0 N–H and O–H groups in total. The number of anilines is 1. The van der Waals surface area contributed by atoms with Crippen molar-refractivity contribution in [2.24, 2.45) is 0 Å². The Morgan fingerprint density at radius 3 is 2.11 bits per heavy atom. The highest BCUT2D eigenvalue weighted by molar-refractivity contribution is 5.76. The lowest BCUT2D eigenvalue weighted by Gasteiger charge is -2.17. The summed E-state index contributed by atoms with van der Waals surface area (Å²) in [5, 5.41) is 0. The zero-order valence-corrected chi connectivity index (χ0v) is 9.44. The van der Waals surface area contributed by atoms with Crippen LogP contribution in [0.4, 0.5) is 14.5 Å². The summed E-state index contributed by atoms with van der Waals surface area (Å²) in [7, 11) is 0. The largest absolute Gasteiger partial charge is 0.317 e.